The van der Waals surface area contributed by atoms with Gasteiger partial charge in [-0.1, -0.05) is 103 Å². The van der Waals surface area contributed by atoms with Gasteiger partial charge in [-0.15, -0.1) is 0 Å². The van der Waals surface area contributed by atoms with Crippen LogP contribution in [0.15, 0.2) is 81.7 Å². The van der Waals surface area contributed by atoms with Crippen LogP contribution in [0.1, 0.15) is 44.5 Å². The van der Waals surface area contributed by atoms with Crippen molar-refractivity contribution in [3.8, 4) is 11.1 Å². The Morgan fingerprint density at radius 2 is 0.839 bits per heavy atom. The monoisotopic (exact) mass is 530 g/mol. The van der Waals surface area contributed by atoms with Crippen molar-refractivity contribution in [2.45, 2.75) is 33.1 Å². The molecule has 31 heavy (non-hydrogen) atoms. The molecular weight excluding hydrogens is 508 g/mol. The van der Waals surface area contributed by atoms with Gasteiger partial charge in [0.15, 0.2) is 0 Å². The fraction of sp³-hybridized carbons (Fsp3) is 0.172. The summed E-state index contributed by atoms with van der Waals surface area (Å²) in [6.07, 6.45) is 0. The molecule has 0 saturated carbocycles. The lowest BCUT2D eigenvalue weighted by Gasteiger charge is -2.35. The second-order valence-electron chi connectivity index (χ2n) is 8.88. The average molecular weight is 532 g/mol. The van der Waals surface area contributed by atoms with Crippen molar-refractivity contribution in [1.82, 2.24) is 0 Å². The highest BCUT2D eigenvalue weighted by Crippen LogP contribution is 2.57. The van der Waals surface area contributed by atoms with Crippen LogP contribution in [0.3, 0.4) is 0 Å². The van der Waals surface area contributed by atoms with Crippen LogP contribution in [-0.4, -0.2) is 0 Å². The highest BCUT2D eigenvalue weighted by Gasteiger charge is 2.46. The van der Waals surface area contributed by atoms with Crippen molar-refractivity contribution in [3.05, 3.63) is 126 Å². The summed E-state index contributed by atoms with van der Waals surface area (Å²) in [6.45, 7) is 8.79. The second kappa shape index (κ2) is 7.46. The Kier molecular flexibility index (Phi) is 4.99. The summed E-state index contributed by atoms with van der Waals surface area (Å²) in [5.74, 6) is 0. The molecule has 0 unspecified atom stereocenters. The Hall–Kier alpha value is -2.16. The maximum absolute atomic E-state index is 3.77. The van der Waals surface area contributed by atoms with Crippen LogP contribution in [0.4, 0.5) is 0 Å². The Labute approximate surface area is 201 Å². The Morgan fingerprint density at radius 3 is 1.19 bits per heavy atom. The minimum Gasteiger partial charge on any atom is -0.0564 e. The molecule has 0 fully saturated rings. The smallest absolute Gasteiger partial charge is 0.0564 e. The van der Waals surface area contributed by atoms with E-state index in [1.165, 1.54) is 55.6 Å². The molecule has 4 aromatic carbocycles. The number of benzene rings is 4. The van der Waals surface area contributed by atoms with Crippen molar-refractivity contribution in [3.63, 3.8) is 0 Å². The average Bonchev–Trinajstić information content (AvgIpc) is 2.96. The SMILES string of the molecule is Cc1cc(C)cc(C2(c3cc(C)cc(C)c3)c3cc(Br)ccc3-c3ccc(Br)cc32)c1. The predicted molar refractivity (Wildman–Crippen MR) is 138 cm³/mol. The molecule has 0 amide bonds. The quantitative estimate of drug-likeness (QED) is 0.213. The number of aryl methyl sites for hydroxylation is 4. The summed E-state index contributed by atoms with van der Waals surface area (Å²) in [5.41, 5.74) is 12.7. The summed E-state index contributed by atoms with van der Waals surface area (Å²) in [7, 11) is 0. The molecule has 0 atom stereocenters. The lowest BCUT2D eigenvalue weighted by atomic mass is 9.66. The maximum Gasteiger partial charge on any atom is 0.0714 e. The molecule has 154 valence electrons. The van der Waals surface area contributed by atoms with Crippen LogP contribution in [0.5, 0.6) is 0 Å². The molecule has 1 aliphatic rings. The minimum absolute atomic E-state index is 0.369. The van der Waals surface area contributed by atoms with Crippen molar-refractivity contribution in [1.29, 1.82) is 0 Å². The molecule has 0 nitrogen and oxygen atoms in total. The van der Waals surface area contributed by atoms with Crippen molar-refractivity contribution < 1.29 is 0 Å². The second-order valence-corrected chi connectivity index (χ2v) is 10.7. The Morgan fingerprint density at radius 1 is 0.484 bits per heavy atom. The minimum atomic E-state index is -0.369. The number of rotatable bonds is 2. The van der Waals surface area contributed by atoms with Crippen LogP contribution < -0.4 is 0 Å². The topological polar surface area (TPSA) is 0 Å². The van der Waals surface area contributed by atoms with Gasteiger partial charge in [0.1, 0.15) is 0 Å². The normalized spacial score (nSPS) is 13.7. The zero-order chi connectivity index (χ0) is 21.9. The third-order valence-corrected chi connectivity index (χ3v) is 7.36. The standard InChI is InChI=1S/C29H24Br2/c1-17-9-18(2)12-21(11-17)29(22-13-19(3)10-20(4)14-22)27-15-23(30)5-7-25(27)26-8-6-24(31)16-28(26)29/h5-16H,1-4H3. The molecule has 0 aromatic heterocycles. The fourth-order valence-corrected chi connectivity index (χ4v) is 6.16. The number of hydrogen-bond acceptors (Lipinski definition) is 0. The van der Waals surface area contributed by atoms with E-state index in [0.29, 0.717) is 0 Å². The first-order chi connectivity index (χ1) is 14.8. The molecule has 0 heterocycles. The van der Waals surface area contributed by atoms with Crippen molar-refractivity contribution in [2.24, 2.45) is 0 Å². The Balaban J connectivity index is 2.03. The third-order valence-electron chi connectivity index (χ3n) is 6.37. The van der Waals surface area contributed by atoms with Crippen molar-refractivity contribution in [2.75, 3.05) is 0 Å². The van der Waals surface area contributed by atoms with Gasteiger partial charge in [-0.3, -0.25) is 0 Å². The summed E-state index contributed by atoms with van der Waals surface area (Å²) in [5, 5.41) is 0. The number of halogens is 2. The van der Waals surface area contributed by atoms with Crippen LogP contribution in [0.2, 0.25) is 0 Å². The zero-order valence-electron chi connectivity index (χ0n) is 18.2. The van der Waals surface area contributed by atoms with E-state index < -0.39 is 0 Å². The van der Waals surface area contributed by atoms with Crippen molar-refractivity contribution >= 4 is 31.9 Å². The zero-order valence-corrected chi connectivity index (χ0v) is 21.4. The van der Waals surface area contributed by atoms with E-state index in [2.05, 4.69) is 132 Å². The van der Waals surface area contributed by atoms with E-state index in [9.17, 15) is 0 Å². The molecule has 2 heteroatoms. The lowest BCUT2D eigenvalue weighted by molar-refractivity contribution is 0.762. The number of fused-ring (bicyclic) bond motifs is 3. The molecule has 0 bridgehead atoms. The van der Waals surface area contributed by atoms with Crippen LogP contribution in [0.25, 0.3) is 11.1 Å². The summed E-state index contributed by atoms with van der Waals surface area (Å²) in [6, 6.07) is 27.5. The molecule has 0 spiro atoms. The van der Waals surface area contributed by atoms with E-state index in [0.717, 1.165) is 8.95 Å². The predicted octanol–water partition coefficient (Wildman–Crippen LogP) is 8.81. The Bertz CT molecular complexity index is 1200. The van der Waals surface area contributed by atoms with Crippen LogP contribution in [-0.2, 0) is 5.41 Å². The van der Waals surface area contributed by atoms with Gasteiger partial charge < -0.3 is 0 Å². The lowest BCUT2D eigenvalue weighted by Crippen LogP contribution is -2.29. The van der Waals surface area contributed by atoms with E-state index in [4.69, 9.17) is 0 Å². The van der Waals surface area contributed by atoms with Gasteiger partial charge in [0.25, 0.3) is 0 Å². The summed E-state index contributed by atoms with van der Waals surface area (Å²) >= 11 is 7.54. The van der Waals surface area contributed by atoms with Crippen LogP contribution in [0, 0.1) is 27.7 Å². The molecule has 0 N–H and O–H groups in total. The van der Waals surface area contributed by atoms with Gasteiger partial charge in [-0.25, -0.2) is 0 Å². The highest BCUT2D eigenvalue weighted by atomic mass is 79.9. The first-order valence-corrected chi connectivity index (χ1v) is 12.2. The fourth-order valence-electron chi connectivity index (χ4n) is 5.44. The van der Waals surface area contributed by atoms with Gasteiger partial charge >= 0.3 is 0 Å². The van der Waals surface area contributed by atoms with E-state index >= 15 is 0 Å². The van der Waals surface area contributed by atoms with Gasteiger partial charge in [0.2, 0.25) is 0 Å². The molecule has 5 rings (SSSR count). The molecule has 1 aliphatic carbocycles. The highest BCUT2D eigenvalue weighted by molar-refractivity contribution is 9.10. The summed E-state index contributed by atoms with van der Waals surface area (Å²) in [4.78, 5) is 0. The van der Waals surface area contributed by atoms with Gasteiger partial charge in [-0.05, 0) is 85.3 Å². The third kappa shape index (κ3) is 3.23. The molecule has 0 saturated heterocycles. The molecule has 0 aliphatic heterocycles. The largest absolute Gasteiger partial charge is 0.0714 e. The first kappa shape index (κ1) is 20.7. The van der Waals surface area contributed by atoms with E-state index in [1.807, 2.05) is 0 Å². The molecule has 4 aromatic rings. The number of hydrogen-bond donors (Lipinski definition) is 0. The van der Waals surface area contributed by atoms with Crippen LogP contribution >= 0.6 is 31.9 Å². The maximum atomic E-state index is 3.77. The first-order valence-electron chi connectivity index (χ1n) is 10.6. The van der Waals surface area contributed by atoms with Gasteiger partial charge in [0.05, 0.1) is 5.41 Å². The summed E-state index contributed by atoms with van der Waals surface area (Å²) < 4.78 is 2.22. The molecular formula is C29H24Br2. The molecule has 0 radical (unpaired) electrons. The van der Waals surface area contributed by atoms with E-state index in [1.54, 1.807) is 0 Å². The van der Waals surface area contributed by atoms with Gasteiger partial charge in [-0.2, -0.15) is 0 Å². The van der Waals surface area contributed by atoms with E-state index in [-0.39, 0.29) is 5.41 Å². The van der Waals surface area contributed by atoms with Gasteiger partial charge in [0, 0.05) is 8.95 Å².